The normalized spacial score (nSPS) is 10.8. The van der Waals surface area contributed by atoms with Crippen molar-refractivity contribution in [2.24, 2.45) is 0 Å². The number of rotatable bonds is 2. The van der Waals surface area contributed by atoms with Gasteiger partial charge in [0.1, 0.15) is 5.75 Å². The second-order valence-corrected chi connectivity index (χ2v) is 4.45. The maximum atomic E-state index is 5.37. The van der Waals surface area contributed by atoms with Crippen molar-refractivity contribution in [1.82, 2.24) is 4.98 Å². The molecule has 1 aromatic heterocycles. The lowest BCUT2D eigenvalue weighted by atomic mass is 10.1. The van der Waals surface area contributed by atoms with Gasteiger partial charge in [0.25, 0.3) is 0 Å². The highest BCUT2D eigenvalue weighted by Gasteiger charge is 2.05. The summed E-state index contributed by atoms with van der Waals surface area (Å²) in [5.74, 6) is 0.922. The van der Waals surface area contributed by atoms with Crippen LogP contribution in [0, 0.1) is 6.92 Å². The van der Waals surface area contributed by atoms with Gasteiger partial charge in [-0.1, -0.05) is 30.3 Å². The maximum Gasteiger partial charge on any atom is 0.122 e. The van der Waals surface area contributed by atoms with Crippen LogP contribution >= 0.6 is 0 Å². The van der Waals surface area contributed by atoms with Crippen LogP contribution in [-0.2, 0) is 0 Å². The molecule has 92 valence electrons. The Morgan fingerprint density at radius 2 is 1.89 bits per heavy atom. The van der Waals surface area contributed by atoms with Crippen LogP contribution in [0.25, 0.3) is 22.2 Å². The Kier molecular flexibility index (Phi) is 2.56. The van der Waals surface area contributed by atoms with Crippen LogP contribution < -0.4 is 4.74 Å². The number of fused-ring (bicyclic) bond motifs is 1. The summed E-state index contributed by atoms with van der Waals surface area (Å²) in [5, 5.41) is 1.23. The number of aryl methyl sites for hydroxylation is 1. The van der Waals surface area contributed by atoms with Gasteiger partial charge >= 0.3 is 0 Å². The molecule has 0 saturated carbocycles. The molecule has 2 nitrogen and oxygen atoms in total. The summed E-state index contributed by atoms with van der Waals surface area (Å²) in [5.41, 5.74) is 4.58. The van der Waals surface area contributed by atoms with Crippen LogP contribution in [0.3, 0.4) is 0 Å². The monoisotopic (exact) mass is 239 g/mol. The molecule has 1 N–H and O–H groups in total. The van der Waals surface area contributed by atoms with Gasteiger partial charge in [0.15, 0.2) is 0 Å². The zero-order chi connectivity index (χ0) is 12.5. The van der Waals surface area contributed by atoms with Crippen LogP contribution in [0.5, 0.6) is 5.75 Å². The van der Waals surface area contributed by atoms with Crippen LogP contribution in [0.2, 0.25) is 0 Å². The van der Waals surface area contributed by atoms with E-state index in [0.29, 0.717) is 0 Å². The topological polar surface area (TPSA) is 25.0 Å². The number of hydrogen-bond donors (Lipinski definition) is 1. The van der Waals surface area contributed by atoms with E-state index in [1.165, 1.54) is 5.39 Å². The van der Waals surface area contributed by atoms with Gasteiger partial charge in [-0.2, -0.15) is 0 Å². The molecular formula is C16H17NO. The number of aromatic nitrogens is 1. The van der Waals surface area contributed by atoms with Crippen LogP contribution in [0.1, 0.15) is 6.99 Å². The van der Waals surface area contributed by atoms with Crippen LogP contribution in [0.15, 0.2) is 48.5 Å². The van der Waals surface area contributed by atoms with Crippen molar-refractivity contribution in [2.75, 3.05) is 7.11 Å². The highest BCUT2D eigenvalue weighted by Crippen LogP contribution is 2.28. The summed E-state index contributed by atoms with van der Waals surface area (Å²) in [7, 11) is 1.71. The lowest BCUT2D eigenvalue weighted by molar-refractivity contribution is 0.412. The molecule has 0 aliphatic heterocycles. The average Bonchev–Trinajstić information content (AvgIpc) is 2.83. The SMILES string of the molecule is COc1cc(-c2cc3ccccc3[nH]2)ccc1C.[HH]. The Balaban J connectivity index is 0.00000133. The second kappa shape index (κ2) is 4.22. The molecular weight excluding hydrogens is 222 g/mol. The molecule has 0 bridgehead atoms. The lowest BCUT2D eigenvalue weighted by Crippen LogP contribution is -1.87. The molecule has 3 rings (SSSR count). The zero-order valence-corrected chi connectivity index (χ0v) is 10.5. The molecule has 3 aromatic rings. The number of methoxy groups -OCH3 is 1. The molecule has 0 amide bonds. The zero-order valence-electron chi connectivity index (χ0n) is 10.5. The molecule has 2 aromatic carbocycles. The van der Waals surface area contributed by atoms with E-state index >= 15 is 0 Å². The number of ether oxygens (including phenoxy) is 1. The first-order chi connectivity index (χ1) is 8.78. The van der Waals surface area contributed by atoms with Crippen molar-refractivity contribution in [1.29, 1.82) is 0 Å². The summed E-state index contributed by atoms with van der Waals surface area (Å²) in [4.78, 5) is 3.43. The van der Waals surface area contributed by atoms with Gasteiger partial charge in [0.05, 0.1) is 7.11 Å². The first-order valence-electron chi connectivity index (χ1n) is 6.01. The maximum absolute atomic E-state index is 5.37. The third-order valence-electron chi connectivity index (χ3n) is 3.25. The molecule has 0 atom stereocenters. The average molecular weight is 239 g/mol. The number of para-hydroxylation sites is 1. The molecule has 0 fully saturated rings. The van der Waals surface area contributed by atoms with Gasteiger partial charge in [-0.3, -0.25) is 0 Å². The molecule has 0 saturated heterocycles. The fourth-order valence-corrected chi connectivity index (χ4v) is 2.22. The van der Waals surface area contributed by atoms with E-state index in [1.807, 2.05) is 13.0 Å². The smallest absolute Gasteiger partial charge is 0.122 e. The van der Waals surface area contributed by atoms with Crippen LogP contribution in [-0.4, -0.2) is 12.1 Å². The number of nitrogens with one attached hydrogen (secondary N) is 1. The van der Waals surface area contributed by atoms with Crippen LogP contribution in [0.4, 0.5) is 0 Å². The van der Waals surface area contributed by atoms with Gasteiger partial charge in [-0.15, -0.1) is 0 Å². The third-order valence-corrected chi connectivity index (χ3v) is 3.25. The van der Waals surface area contributed by atoms with Crippen molar-refractivity contribution >= 4 is 10.9 Å². The molecule has 0 aliphatic rings. The predicted octanol–water partition coefficient (Wildman–Crippen LogP) is 4.40. The van der Waals surface area contributed by atoms with E-state index in [9.17, 15) is 0 Å². The number of benzene rings is 2. The minimum atomic E-state index is 0. The molecule has 0 unspecified atom stereocenters. The highest BCUT2D eigenvalue weighted by atomic mass is 16.5. The molecule has 0 aliphatic carbocycles. The summed E-state index contributed by atoms with van der Waals surface area (Å²) >= 11 is 0. The Morgan fingerprint density at radius 1 is 1.06 bits per heavy atom. The minimum absolute atomic E-state index is 0. The Labute approximate surface area is 108 Å². The molecule has 2 heteroatoms. The Morgan fingerprint density at radius 3 is 2.67 bits per heavy atom. The van der Waals surface area contributed by atoms with Gasteiger partial charge < -0.3 is 9.72 Å². The summed E-state index contributed by atoms with van der Waals surface area (Å²) < 4.78 is 5.37. The second-order valence-electron chi connectivity index (χ2n) is 4.45. The highest BCUT2D eigenvalue weighted by molar-refractivity contribution is 5.86. The van der Waals surface area contributed by atoms with Crippen molar-refractivity contribution in [3.8, 4) is 17.0 Å². The Hall–Kier alpha value is -2.22. The van der Waals surface area contributed by atoms with Crippen molar-refractivity contribution in [2.45, 2.75) is 6.92 Å². The van der Waals surface area contributed by atoms with E-state index in [0.717, 1.165) is 28.1 Å². The third kappa shape index (κ3) is 1.76. The quantitative estimate of drug-likeness (QED) is 0.704. The van der Waals surface area contributed by atoms with Crippen molar-refractivity contribution in [3.05, 3.63) is 54.1 Å². The van der Waals surface area contributed by atoms with E-state index in [4.69, 9.17) is 4.74 Å². The molecule has 18 heavy (non-hydrogen) atoms. The van der Waals surface area contributed by atoms with Gasteiger partial charge in [-0.05, 0) is 30.7 Å². The first kappa shape index (κ1) is 10.9. The Bertz CT molecular complexity index is 670. The van der Waals surface area contributed by atoms with Gasteiger partial charge in [-0.25, -0.2) is 0 Å². The predicted molar refractivity (Wildman–Crippen MR) is 77.1 cm³/mol. The van der Waals surface area contributed by atoms with E-state index in [1.54, 1.807) is 7.11 Å². The summed E-state index contributed by atoms with van der Waals surface area (Å²) in [6.07, 6.45) is 0. The number of hydrogen-bond acceptors (Lipinski definition) is 1. The fraction of sp³-hybridized carbons (Fsp3) is 0.125. The van der Waals surface area contributed by atoms with Crippen molar-refractivity contribution < 1.29 is 6.16 Å². The molecule has 1 heterocycles. The van der Waals surface area contributed by atoms with E-state index in [-0.39, 0.29) is 1.43 Å². The number of H-pyrrole nitrogens is 1. The van der Waals surface area contributed by atoms with E-state index in [2.05, 4.69) is 47.4 Å². The molecule has 0 spiro atoms. The van der Waals surface area contributed by atoms with Crippen molar-refractivity contribution in [3.63, 3.8) is 0 Å². The fourth-order valence-electron chi connectivity index (χ4n) is 2.22. The van der Waals surface area contributed by atoms with Gasteiger partial charge in [0.2, 0.25) is 0 Å². The summed E-state index contributed by atoms with van der Waals surface area (Å²) in [6, 6.07) is 16.7. The standard InChI is InChI=1S/C16H15NO.H2/c1-11-7-8-13(10-16(11)18-2)15-9-12-5-3-4-6-14(12)17-15;/h3-10,17H,1-2H3;1H. The van der Waals surface area contributed by atoms with E-state index < -0.39 is 0 Å². The first-order valence-corrected chi connectivity index (χ1v) is 6.01. The van der Waals surface area contributed by atoms with Gasteiger partial charge in [0, 0.05) is 23.6 Å². The lowest BCUT2D eigenvalue weighted by Gasteiger charge is -2.06. The molecule has 0 radical (unpaired) electrons. The minimum Gasteiger partial charge on any atom is -0.496 e. The largest absolute Gasteiger partial charge is 0.496 e. The summed E-state index contributed by atoms with van der Waals surface area (Å²) in [6.45, 7) is 2.05. The number of aromatic amines is 1.